The summed E-state index contributed by atoms with van der Waals surface area (Å²) in [6.45, 7) is 15.0. The second kappa shape index (κ2) is 15.9. The summed E-state index contributed by atoms with van der Waals surface area (Å²) < 4.78 is 37.6. The minimum atomic E-state index is -0.528. The third kappa shape index (κ3) is 9.59. The molecule has 1 amide bonds. The van der Waals surface area contributed by atoms with Crippen molar-refractivity contribution in [1.29, 1.82) is 0 Å². The van der Waals surface area contributed by atoms with Crippen molar-refractivity contribution in [3.63, 3.8) is 0 Å². The summed E-state index contributed by atoms with van der Waals surface area (Å²) in [5.41, 5.74) is 6.62. The second-order valence-corrected chi connectivity index (χ2v) is 10.6. The van der Waals surface area contributed by atoms with Crippen molar-refractivity contribution >= 4 is 18.5 Å². The lowest BCUT2D eigenvalue weighted by atomic mass is 10.0. The van der Waals surface area contributed by atoms with Crippen LogP contribution in [0, 0.1) is 0 Å². The molecule has 0 aliphatic heterocycles. The maximum absolute atomic E-state index is 11.6. The molecule has 42 heavy (non-hydrogen) atoms. The third-order valence-electron chi connectivity index (χ3n) is 5.40. The van der Waals surface area contributed by atoms with Crippen LogP contribution in [-0.4, -0.2) is 48.3 Å². The minimum Gasteiger partial charge on any atom is -0.474 e. The first kappa shape index (κ1) is 34.3. The van der Waals surface area contributed by atoms with Crippen molar-refractivity contribution < 1.29 is 36.9 Å². The summed E-state index contributed by atoms with van der Waals surface area (Å²) in [6.07, 6.45) is 2.70. The van der Waals surface area contributed by atoms with Crippen LogP contribution in [0.15, 0.2) is 54.7 Å². The molecule has 232 valence electrons. The Morgan fingerprint density at radius 1 is 0.881 bits per heavy atom. The number of rotatable bonds is 11. The van der Waals surface area contributed by atoms with Gasteiger partial charge >= 0.3 is 6.09 Å². The number of nitrogens with zero attached hydrogens (tertiary/aromatic N) is 2. The predicted octanol–water partition coefficient (Wildman–Crippen LogP) is 6.78. The molecule has 0 aromatic carbocycles. The van der Waals surface area contributed by atoms with Gasteiger partial charge in [0.05, 0.1) is 30.2 Å². The number of furan rings is 2. The number of aromatic nitrogens is 2. The highest BCUT2D eigenvalue weighted by atomic mass is 35.5. The molecule has 13 heteroatoms. The van der Waals surface area contributed by atoms with Crippen LogP contribution in [0.4, 0.5) is 4.79 Å². The van der Waals surface area contributed by atoms with Crippen molar-refractivity contribution in [3.8, 4) is 34.8 Å². The van der Waals surface area contributed by atoms with Gasteiger partial charge in [0.25, 0.3) is 11.8 Å². The first-order chi connectivity index (χ1) is 19.5. The molecule has 0 saturated carbocycles. The van der Waals surface area contributed by atoms with Gasteiger partial charge in [0.15, 0.2) is 11.5 Å². The molecule has 0 atom stereocenters. The van der Waals surface area contributed by atoms with E-state index in [2.05, 4.69) is 15.6 Å². The highest BCUT2D eigenvalue weighted by Crippen LogP contribution is 2.37. The Balaban J connectivity index is 0.000000302. The number of amides is 1. The van der Waals surface area contributed by atoms with Gasteiger partial charge in [0.1, 0.15) is 18.8 Å². The molecule has 12 nitrogen and oxygen atoms in total. The van der Waals surface area contributed by atoms with Crippen LogP contribution in [-0.2, 0) is 4.74 Å². The molecule has 4 heterocycles. The lowest BCUT2D eigenvalue weighted by molar-refractivity contribution is 0.0519. The summed E-state index contributed by atoms with van der Waals surface area (Å²) in [5, 5.41) is 10.5. The van der Waals surface area contributed by atoms with E-state index in [1.807, 2.05) is 60.6 Å². The van der Waals surface area contributed by atoms with E-state index in [4.69, 9.17) is 37.8 Å². The fourth-order valence-electron chi connectivity index (χ4n) is 3.73. The molecular weight excluding hydrogens is 568 g/mol. The zero-order valence-electron chi connectivity index (χ0n) is 25.1. The highest BCUT2D eigenvalue weighted by molar-refractivity contribution is 5.85. The van der Waals surface area contributed by atoms with Crippen LogP contribution in [0.25, 0.3) is 23.0 Å². The van der Waals surface area contributed by atoms with Crippen LogP contribution in [0.1, 0.15) is 71.4 Å². The van der Waals surface area contributed by atoms with Crippen LogP contribution in [0.2, 0.25) is 0 Å². The van der Waals surface area contributed by atoms with Crippen molar-refractivity contribution in [3.05, 3.63) is 47.9 Å². The van der Waals surface area contributed by atoms with E-state index in [0.29, 0.717) is 54.5 Å². The molecule has 0 aliphatic rings. The van der Waals surface area contributed by atoms with Gasteiger partial charge in [0, 0.05) is 6.54 Å². The lowest BCUT2D eigenvalue weighted by Crippen LogP contribution is -2.34. The minimum absolute atomic E-state index is 0. The Hall–Kier alpha value is -3.90. The van der Waals surface area contributed by atoms with E-state index in [1.54, 1.807) is 24.7 Å². The molecule has 0 bridgehead atoms. The smallest absolute Gasteiger partial charge is 0.407 e. The van der Waals surface area contributed by atoms with Gasteiger partial charge < -0.3 is 43.1 Å². The van der Waals surface area contributed by atoms with Gasteiger partial charge in [-0.25, -0.2) is 4.79 Å². The van der Waals surface area contributed by atoms with E-state index in [-0.39, 0.29) is 30.8 Å². The summed E-state index contributed by atoms with van der Waals surface area (Å²) in [4.78, 5) is 11.6. The zero-order valence-corrected chi connectivity index (χ0v) is 25.9. The SMILES string of the molecule is CC(C)c1c(OCCN)noc1-c1ccco1.CC(C)c1c(OCCNC(=O)OC(C)(C)C)noc1-c1ccco1.Cl. The second-order valence-electron chi connectivity index (χ2n) is 10.6. The lowest BCUT2D eigenvalue weighted by Gasteiger charge is -2.19. The van der Waals surface area contributed by atoms with E-state index < -0.39 is 11.7 Å². The molecule has 0 fully saturated rings. The quantitative estimate of drug-likeness (QED) is 0.173. The molecule has 0 saturated heterocycles. The van der Waals surface area contributed by atoms with E-state index >= 15 is 0 Å². The van der Waals surface area contributed by atoms with Crippen LogP contribution < -0.4 is 20.5 Å². The van der Waals surface area contributed by atoms with Crippen LogP contribution in [0.5, 0.6) is 11.8 Å². The Labute approximate surface area is 251 Å². The first-order valence-corrected chi connectivity index (χ1v) is 13.5. The fourth-order valence-corrected chi connectivity index (χ4v) is 3.73. The fraction of sp³-hybridized carbons (Fsp3) is 0.483. The normalized spacial score (nSPS) is 11.1. The average Bonchev–Trinajstić information content (AvgIpc) is 3.70. The zero-order chi connectivity index (χ0) is 30.0. The van der Waals surface area contributed by atoms with Crippen LogP contribution >= 0.6 is 12.4 Å². The van der Waals surface area contributed by atoms with Gasteiger partial charge in [-0.05, 0) is 67.2 Å². The number of halogens is 1. The summed E-state index contributed by atoms with van der Waals surface area (Å²) in [6, 6.07) is 7.23. The molecule has 0 aliphatic carbocycles. The van der Waals surface area contributed by atoms with E-state index in [1.165, 1.54) is 0 Å². The van der Waals surface area contributed by atoms with Gasteiger partial charge in [-0.2, -0.15) is 0 Å². The summed E-state index contributed by atoms with van der Waals surface area (Å²) >= 11 is 0. The molecule has 4 aromatic rings. The first-order valence-electron chi connectivity index (χ1n) is 13.5. The van der Waals surface area contributed by atoms with E-state index in [0.717, 1.165) is 11.1 Å². The monoisotopic (exact) mass is 608 g/mol. The van der Waals surface area contributed by atoms with E-state index in [9.17, 15) is 4.79 Å². The van der Waals surface area contributed by atoms with Crippen molar-refractivity contribution in [2.75, 3.05) is 26.3 Å². The molecule has 3 N–H and O–H groups in total. The number of carbonyl (C=O) groups excluding carboxylic acids is 1. The largest absolute Gasteiger partial charge is 0.474 e. The third-order valence-corrected chi connectivity index (χ3v) is 5.40. The number of hydrogen-bond donors (Lipinski definition) is 2. The van der Waals surface area contributed by atoms with Crippen molar-refractivity contribution in [1.82, 2.24) is 15.6 Å². The number of alkyl carbamates (subject to hydrolysis) is 1. The van der Waals surface area contributed by atoms with Gasteiger partial charge in [-0.15, -0.1) is 12.4 Å². The average molecular weight is 609 g/mol. The number of nitrogens with two attached hydrogens (primary N) is 1. The number of carbonyl (C=O) groups is 1. The van der Waals surface area contributed by atoms with Crippen molar-refractivity contribution in [2.24, 2.45) is 5.73 Å². The summed E-state index contributed by atoms with van der Waals surface area (Å²) in [5.74, 6) is 3.72. The topological polar surface area (TPSA) is 161 Å². The van der Waals surface area contributed by atoms with Crippen molar-refractivity contribution in [2.45, 2.75) is 65.9 Å². The summed E-state index contributed by atoms with van der Waals surface area (Å²) in [7, 11) is 0. The maximum atomic E-state index is 11.6. The van der Waals surface area contributed by atoms with Gasteiger partial charge in [0.2, 0.25) is 11.5 Å². The molecule has 0 radical (unpaired) electrons. The Kier molecular flexibility index (Phi) is 13.0. The standard InChI is InChI=1S/C17H24N2O5.C12H16N2O3.ClH/c1-11(2)13-14(12-7-6-9-21-12)24-19-15(13)22-10-8-18-16(20)23-17(3,4)5;1-8(2)10-11(9-4-3-6-15-9)17-14-12(10)16-7-5-13;/h6-7,9,11H,8,10H2,1-5H3,(H,18,20);3-4,6,8H,5,7,13H2,1-2H3;1H. The number of nitrogens with one attached hydrogen (secondary N) is 1. The highest BCUT2D eigenvalue weighted by Gasteiger charge is 2.24. The number of hydrogen-bond acceptors (Lipinski definition) is 11. The Morgan fingerprint density at radius 3 is 1.74 bits per heavy atom. The molecule has 4 aromatic heterocycles. The Morgan fingerprint density at radius 2 is 1.36 bits per heavy atom. The Bertz CT molecular complexity index is 1320. The molecule has 4 rings (SSSR count). The number of ether oxygens (including phenoxy) is 3. The molecular formula is C29H41ClN4O8. The predicted molar refractivity (Wildman–Crippen MR) is 158 cm³/mol. The maximum Gasteiger partial charge on any atom is 0.407 e. The van der Waals surface area contributed by atoms with Gasteiger partial charge in [-0.1, -0.05) is 27.7 Å². The van der Waals surface area contributed by atoms with Gasteiger partial charge in [-0.3, -0.25) is 0 Å². The van der Waals surface area contributed by atoms with Crippen LogP contribution in [0.3, 0.4) is 0 Å². The molecule has 0 unspecified atom stereocenters. The molecule has 0 spiro atoms.